The predicted molar refractivity (Wildman–Crippen MR) is 68.7 cm³/mol. The summed E-state index contributed by atoms with van der Waals surface area (Å²) in [5.74, 6) is -0.939. The van der Waals surface area contributed by atoms with Crippen LogP contribution in [-0.2, 0) is 20.4 Å². The van der Waals surface area contributed by atoms with Crippen LogP contribution in [0.25, 0.3) is 0 Å². The van der Waals surface area contributed by atoms with Gasteiger partial charge in [0.15, 0.2) is 0 Å². The topological polar surface area (TPSA) is 95.5 Å². The molecule has 0 aliphatic carbocycles. The number of aliphatic carboxylic acids is 1. The number of hydrogen-bond acceptors (Lipinski definition) is 3. The molecule has 0 aromatic heterocycles. The van der Waals surface area contributed by atoms with Gasteiger partial charge in [0, 0.05) is 12.7 Å². The van der Waals surface area contributed by atoms with Crippen molar-refractivity contribution in [2.24, 2.45) is 0 Å². The first-order chi connectivity index (χ1) is 8.19. The monoisotopic (exact) mass is 272 g/mol. The van der Waals surface area contributed by atoms with E-state index < -0.39 is 21.6 Å². The second-order valence-corrected chi connectivity index (χ2v) is 5.94. The minimum absolute atomic E-state index is 0.370. The van der Waals surface area contributed by atoms with Crippen molar-refractivity contribution in [2.45, 2.75) is 19.3 Å². The van der Waals surface area contributed by atoms with Gasteiger partial charge in [0.1, 0.15) is 0 Å². The van der Waals surface area contributed by atoms with Crippen molar-refractivity contribution in [1.29, 1.82) is 0 Å². The first-order valence-corrected chi connectivity index (χ1v) is 6.72. The van der Waals surface area contributed by atoms with Gasteiger partial charge in [0.25, 0.3) is 10.2 Å². The van der Waals surface area contributed by atoms with Gasteiger partial charge in [-0.05, 0) is 31.5 Å². The first-order valence-electron chi connectivity index (χ1n) is 5.24. The minimum atomic E-state index is -3.55. The molecule has 3 N–H and O–H groups in total. The minimum Gasteiger partial charge on any atom is -0.481 e. The largest absolute Gasteiger partial charge is 0.481 e. The highest BCUT2D eigenvalue weighted by molar-refractivity contribution is 7.90. The Bertz CT molecular complexity index is 535. The van der Waals surface area contributed by atoms with Gasteiger partial charge in [0.05, 0.1) is 5.41 Å². The molecule has 0 atom stereocenters. The number of rotatable bonds is 5. The maximum absolute atomic E-state index is 11.2. The lowest BCUT2D eigenvalue weighted by Gasteiger charge is -2.19. The summed E-state index contributed by atoms with van der Waals surface area (Å²) in [5.41, 5.74) is -0.0443. The number of anilines is 1. The summed E-state index contributed by atoms with van der Waals surface area (Å²) < 4.78 is 26.9. The molecule has 7 heteroatoms. The fraction of sp³-hybridized carbons (Fsp3) is 0.364. The van der Waals surface area contributed by atoms with Gasteiger partial charge in [-0.25, -0.2) is 4.72 Å². The Morgan fingerprint density at radius 3 is 2.11 bits per heavy atom. The molecule has 0 unspecified atom stereocenters. The molecule has 0 bridgehead atoms. The number of benzene rings is 1. The third-order valence-electron chi connectivity index (χ3n) is 2.66. The van der Waals surface area contributed by atoms with Crippen molar-refractivity contribution in [3.8, 4) is 0 Å². The molecule has 0 spiro atoms. The molecule has 0 radical (unpaired) electrons. The summed E-state index contributed by atoms with van der Waals surface area (Å²) >= 11 is 0. The lowest BCUT2D eigenvalue weighted by Crippen LogP contribution is -2.28. The number of carboxylic acids is 1. The summed E-state index contributed by atoms with van der Waals surface area (Å²) in [6.07, 6.45) is 0. The lowest BCUT2D eigenvalue weighted by molar-refractivity contribution is -0.142. The van der Waals surface area contributed by atoms with E-state index in [9.17, 15) is 13.2 Å². The molecule has 6 nitrogen and oxygen atoms in total. The normalized spacial score (nSPS) is 12.2. The van der Waals surface area contributed by atoms with Gasteiger partial charge < -0.3 is 5.11 Å². The van der Waals surface area contributed by atoms with Crippen LogP contribution in [0.4, 0.5) is 5.69 Å². The van der Waals surface area contributed by atoms with Crippen LogP contribution >= 0.6 is 0 Å². The molecule has 0 fully saturated rings. The highest BCUT2D eigenvalue weighted by Gasteiger charge is 2.29. The van der Waals surface area contributed by atoms with Gasteiger partial charge in [-0.1, -0.05) is 12.1 Å². The zero-order valence-corrected chi connectivity index (χ0v) is 11.2. The van der Waals surface area contributed by atoms with E-state index in [2.05, 4.69) is 9.44 Å². The van der Waals surface area contributed by atoms with Gasteiger partial charge in [0.2, 0.25) is 0 Å². The van der Waals surface area contributed by atoms with Crippen LogP contribution in [0.2, 0.25) is 0 Å². The highest BCUT2D eigenvalue weighted by atomic mass is 32.2. The average Bonchev–Trinajstić information content (AvgIpc) is 2.29. The number of carboxylic acid groups (broad SMARTS) is 1. The Kier molecular flexibility index (Phi) is 3.98. The Morgan fingerprint density at radius 1 is 1.22 bits per heavy atom. The van der Waals surface area contributed by atoms with Crippen LogP contribution < -0.4 is 9.44 Å². The van der Waals surface area contributed by atoms with E-state index in [1.54, 1.807) is 26.0 Å². The molecule has 0 saturated carbocycles. The van der Waals surface area contributed by atoms with Crippen LogP contribution in [0.5, 0.6) is 0 Å². The summed E-state index contributed by atoms with van der Waals surface area (Å²) in [7, 11) is -2.26. The second-order valence-electron chi connectivity index (χ2n) is 4.32. The molecular weight excluding hydrogens is 256 g/mol. The molecule has 1 aromatic carbocycles. The van der Waals surface area contributed by atoms with Gasteiger partial charge in [-0.3, -0.25) is 9.52 Å². The third-order valence-corrected chi connectivity index (χ3v) is 3.70. The summed E-state index contributed by atoms with van der Waals surface area (Å²) in [5, 5.41) is 9.07. The molecule has 0 aliphatic heterocycles. The van der Waals surface area contributed by atoms with Crippen LogP contribution in [0, 0.1) is 0 Å². The van der Waals surface area contributed by atoms with E-state index in [-0.39, 0.29) is 0 Å². The van der Waals surface area contributed by atoms with E-state index in [1.165, 1.54) is 19.2 Å². The Labute approximate surface area is 106 Å². The van der Waals surface area contributed by atoms with E-state index in [0.29, 0.717) is 11.3 Å². The summed E-state index contributed by atoms with van der Waals surface area (Å²) in [4.78, 5) is 11.1. The van der Waals surface area contributed by atoms with E-state index in [4.69, 9.17) is 5.11 Å². The third kappa shape index (κ3) is 3.21. The van der Waals surface area contributed by atoms with Crippen LogP contribution in [0.1, 0.15) is 19.4 Å². The molecule has 18 heavy (non-hydrogen) atoms. The lowest BCUT2D eigenvalue weighted by atomic mass is 9.85. The molecule has 100 valence electrons. The molecule has 0 heterocycles. The maximum Gasteiger partial charge on any atom is 0.313 e. The molecular formula is C11H16N2O4S. The van der Waals surface area contributed by atoms with Gasteiger partial charge in [-0.2, -0.15) is 8.42 Å². The van der Waals surface area contributed by atoms with Crippen molar-refractivity contribution < 1.29 is 18.3 Å². The quantitative estimate of drug-likeness (QED) is 0.743. The van der Waals surface area contributed by atoms with Crippen LogP contribution in [0.3, 0.4) is 0 Å². The molecule has 0 aliphatic rings. The fourth-order valence-electron chi connectivity index (χ4n) is 1.28. The zero-order chi connectivity index (χ0) is 14.0. The predicted octanol–water partition coefficient (Wildman–Crippen LogP) is 0.925. The Balaban J connectivity index is 2.98. The second kappa shape index (κ2) is 4.95. The Hall–Kier alpha value is -1.60. The molecule has 0 saturated heterocycles. The summed E-state index contributed by atoms with van der Waals surface area (Å²) in [6, 6.07) is 6.22. The van der Waals surface area contributed by atoms with Crippen molar-refractivity contribution >= 4 is 21.9 Å². The van der Waals surface area contributed by atoms with Crippen molar-refractivity contribution in [3.05, 3.63) is 29.8 Å². The van der Waals surface area contributed by atoms with Gasteiger partial charge in [-0.15, -0.1) is 0 Å². The van der Waals surface area contributed by atoms with E-state index in [0.717, 1.165) is 0 Å². The smallest absolute Gasteiger partial charge is 0.313 e. The average molecular weight is 272 g/mol. The van der Waals surface area contributed by atoms with Crippen molar-refractivity contribution in [3.63, 3.8) is 0 Å². The van der Waals surface area contributed by atoms with Crippen molar-refractivity contribution in [1.82, 2.24) is 4.72 Å². The number of nitrogens with one attached hydrogen (secondary N) is 2. The van der Waals surface area contributed by atoms with E-state index in [1.807, 2.05) is 0 Å². The molecule has 1 rings (SSSR count). The standard InChI is InChI=1S/C11H16N2O4S/c1-11(2,10(14)15)8-4-6-9(7-5-8)13-18(16,17)12-3/h4-7,12-13H,1-3H3,(H,14,15). The first kappa shape index (κ1) is 14.5. The maximum atomic E-state index is 11.2. The SMILES string of the molecule is CNS(=O)(=O)Nc1ccc(C(C)(C)C(=O)O)cc1. The Morgan fingerprint density at radius 2 is 1.72 bits per heavy atom. The number of hydrogen-bond donors (Lipinski definition) is 3. The van der Waals surface area contributed by atoms with Crippen LogP contribution in [-0.4, -0.2) is 26.5 Å². The van der Waals surface area contributed by atoms with Crippen molar-refractivity contribution in [2.75, 3.05) is 11.8 Å². The van der Waals surface area contributed by atoms with Gasteiger partial charge >= 0.3 is 5.97 Å². The molecule has 1 aromatic rings. The highest BCUT2D eigenvalue weighted by Crippen LogP contribution is 2.24. The molecule has 0 amide bonds. The van der Waals surface area contributed by atoms with Crippen LogP contribution in [0.15, 0.2) is 24.3 Å². The summed E-state index contributed by atoms with van der Waals surface area (Å²) in [6.45, 7) is 3.17. The van der Waals surface area contributed by atoms with E-state index >= 15 is 0 Å². The number of carbonyl (C=O) groups is 1. The zero-order valence-electron chi connectivity index (χ0n) is 10.4. The fourth-order valence-corrected chi connectivity index (χ4v) is 1.83.